The molecule has 1 heterocycles. The van der Waals surface area contributed by atoms with E-state index in [1.165, 1.54) is 23.4 Å². The van der Waals surface area contributed by atoms with Crippen molar-refractivity contribution >= 4 is 27.7 Å². The lowest BCUT2D eigenvalue weighted by Crippen LogP contribution is -2.38. The summed E-state index contributed by atoms with van der Waals surface area (Å²) in [5.74, 6) is 0.532. The van der Waals surface area contributed by atoms with Crippen LogP contribution in [0.2, 0.25) is 0 Å². The van der Waals surface area contributed by atoms with E-state index in [2.05, 4.69) is 18.6 Å². The lowest BCUT2D eigenvalue weighted by Gasteiger charge is -2.31. The number of thioether (sulfide) groups is 1. The van der Waals surface area contributed by atoms with Gasteiger partial charge in [-0.05, 0) is 67.7 Å². The first kappa shape index (κ1) is 23.8. The molecule has 0 radical (unpaired) electrons. The summed E-state index contributed by atoms with van der Waals surface area (Å²) in [5.41, 5.74) is 2.58. The Morgan fingerprint density at radius 3 is 2.39 bits per heavy atom. The van der Waals surface area contributed by atoms with Crippen molar-refractivity contribution in [1.29, 1.82) is 0 Å². The van der Waals surface area contributed by atoms with Gasteiger partial charge < -0.3 is 4.90 Å². The largest absolute Gasteiger partial charge is 0.339 e. The molecule has 1 amide bonds. The van der Waals surface area contributed by atoms with E-state index in [1.807, 2.05) is 42.3 Å². The van der Waals surface area contributed by atoms with Crippen molar-refractivity contribution in [3.63, 3.8) is 0 Å². The second-order valence-electron chi connectivity index (χ2n) is 8.27. The molecule has 0 aromatic heterocycles. The smallest absolute Gasteiger partial charge is 0.255 e. The zero-order valence-corrected chi connectivity index (χ0v) is 20.4. The Balaban J connectivity index is 1.83. The van der Waals surface area contributed by atoms with Gasteiger partial charge in [-0.3, -0.25) is 4.79 Å². The number of benzene rings is 2. The third kappa shape index (κ3) is 5.70. The number of amides is 1. The number of hydrogen-bond acceptors (Lipinski definition) is 4. The second kappa shape index (κ2) is 10.2. The minimum absolute atomic E-state index is 0.0866. The van der Waals surface area contributed by atoms with Crippen molar-refractivity contribution in [2.75, 3.05) is 19.3 Å². The van der Waals surface area contributed by atoms with Crippen LogP contribution in [0.25, 0.3) is 0 Å². The molecular weight excluding hydrogens is 428 g/mol. The zero-order valence-electron chi connectivity index (χ0n) is 18.7. The van der Waals surface area contributed by atoms with Crippen LogP contribution < -0.4 is 4.72 Å². The molecule has 3 rings (SSSR count). The number of hydrogen-bond donors (Lipinski definition) is 1. The van der Waals surface area contributed by atoms with Gasteiger partial charge in [0.2, 0.25) is 10.0 Å². The van der Waals surface area contributed by atoms with Gasteiger partial charge in [0.1, 0.15) is 0 Å². The quantitative estimate of drug-likeness (QED) is 0.598. The average molecular weight is 461 g/mol. The van der Waals surface area contributed by atoms with Crippen molar-refractivity contribution in [3.8, 4) is 0 Å². The van der Waals surface area contributed by atoms with Crippen LogP contribution in [0.3, 0.4) is 0 Å². The highest BCUT2D eigenvalue weighted by atomic mass is 32.2. The lowest BCUT2D eigenvalue weighted by molar-refractivity contribution is 0.0693. The Kier molecular flexibility index (Phi) is 7.83. The van der Waals surface area contributed by atoms with E-state index >= 15 is 0 Å². The molecule has 1 aliphatic rings. The molecule has 5 nitrogen and oxygen atoms in total. The number of likely N-dealkylation sites (tertiary alicyclic amines) is 1. The van der Waals surface area contributed by atoms with Gasteiger partial charge in [0, 0.05) is 24.0 Å². The van der Waals surface area contributed by atoms with Crippen molar-refractivity contribution in [1.82, 2.24) is 9.62 Å². The Morgan fingerprint density at radius 2 is 1.81 bits per heavy atom. The molecule has 31 heavy (non-hydrogen) atoms. The van der Waals surface area contributed by atoms with Gasteiger partial charge in [0.15, 0.2) is 0 Å². The van der Waals surface area contributed by atoms with E-state index < -0.39 is 10.0 Å². The molecule has 168 valence electrons. The minimum Gasteiger partial charge on any atom is -0.339 e. The normalized spacial score (nSPS) is 16.3. The van der Waals surface area contributed by atoms with Crippen LogP contribution in [-0.4, -0.2) is 38.6 Å². The molecular formula is C24H32N2O3S2. The van der Waals surface area contributed by atoms with E-state index in [0.29, 0.717) is 24.6 Å². The number of piperidine rings is 1. The van der Waals surface area contributed by atoms with Gasteiger partial charge in [-0.2, -0.15) is 0 Å². The molecule has 1 saturated heterocycles. The maximum Gasteiger partial charge on any atom is 0.255 e. The zero-order chi connectivity index (χ0) is 22.6. The number of nitrogens with zero attached hydrogens (tertiary/aromatic N) is 1. The van der Waals surface area contributed by atoms with Crippen molar-refractivity contribution < 1.29 is 13.2 Å². The topological polar surface area (TPSA) is 66.5 Å². The summed E-state index contributed by atoms with van der Waals surface area (Å²) in [6.07, 6.45) is 4.80. The van der Waals surface area contributed by atoms with Crippen LogP contribution in [0.5, 0.6) is 0 Å². The molecule has 2 aromatic rings. The Bertz CT molecular complexity index is 1010. The van der Waals surface area contributed by atoms with E-state index in [4.69, 9.17) is 0 Å². The third-order valence-electron chi connectivity index (χ3n) is 6.00. The Labute approximate surface area is 190 Å². The first-order chi connectivity index (χ1) is 14.7. The van der Waals surface area contributed by atoms with Gasteiger partial charge >= 0.3 is 0 Å². The summed E-state index contributed by atoms with van der Waals surface area (Å²) in [5, 5.41) is 0. The molecule has 0 aliphatic carbocycles. The van der Waals surface area contributed by atoms with Crippen LogP contribution in [0.15, 0.2) is 52.3 Å². The van der Waals surface area contributed by atoms with Gasteiger partial charge in [0.25, 0.3) is 5.91 Å². The highest BCUT2D eigenvalue weighted by Crippen LogP contribution is 2.28. The summed E-state index contributed by atoms with van der Waals surface area (Å²) in [6.45, 7) is 7.55. The maximum atomic E-state index is 13.2. The number of carbonyl (C=O) groups excluding carboxylic acids is 1. The number of sulfonamides is 1. The van der Waals surface area contributed by atoms with Crippen LogP contribution in [0.4, 0.5) is 0 Å². The Morgan fingerprint density at radius 1 is 1.16 bits per heavy atom. The van der Waals surface area contributed by atoms with E-state index in [1.54, 1.807) is 12.1 Å². The molecule has 1 fully saturated rings. The number of rotatable bonds is 7. The highest BCUT2D eigenvalue weighted by molar-refractivity contribution is 7.98. The van der Waals surface area contributed by atoms with Crippen LogP contribution in [0.1, 0.15) is 61.1 Å². The molecule has 1 N–H and O–H groups in total. The predicted octanol–water partition coefficient (Wildman–Crippen LogP) is 4.88. The molecule has 1 atom stereocenters. The second-order valence-corrected chi connectivity index (χ2v) is 10.8. The molecule has 0 spiro atoms. The van der Waals surface area contributed by atoms with Crippen molar-refractivity contribution in [3.05, 3.63) is 59.2 Å². The van der Waals surface area contributed by atoms with Crippen LogP contribution in [0, 0.1) is 5.92 Å². The fourth-order valence-corrected chi connectivity index (χ4v) is 5.64. The average Bonchev–Trinajstić information content (AvgIpc) is 2.78. The molecule has 0 unspecified atom stereocenters. The van der Waals surface area contributed by atoms with Gasteiger partial charge in [-0.15, -0.1) is 11.8 Å². The summed E-state index contributed by atoms with van der Waals surface area (Å²) in [6, 6.07) is 12.4. The molecule has 0 bridgehead atoms. The standard InChI is InChI=1S/C24H32N2O3S2/c1-5-19-6-8-20(9-7-19)18(3)25-31(28,29)21-10-11-23(30-4)22(16-21)24(27)26-14-12-17(2)13-15-26/h6-11,16-18,25H,5,12-15H2,1-4H3/t18-/m1/s1. The fourth-order valence-electron chi connectivity index (χ4n) is 3.81. The first-order valence-corrected chi connectivity index (χ1v) is 13.5. The van der Waals surface area contributed by atoms with Gasteiger partial charge in [-0.25, -0.2) is 13.1 Å². The Hall–Kier alpha value is -1.83. The number of nitrogens with one attached hydrogen (secondary N) is 1. The lowest BCUT2D eigenvalue weighted by atomic mass is 9.98. The SMILES string of the molecule is CCc1ccc([C@@H](C)NS(=O)(=O)c2ccc(SC)c(C(=O)N3CCC(C)CC3)c2)cc1. The minimum atomic E-state index is -3.77. The summed E-state index contributed by atoms with van der Waals surface area (Å²) >= 11 is 1.46. The highest BCUT2D eigenvalue weighted by Gasteiger charge is 2.26. The van der Waals surface area contributed by atoms with E-state index in [9.17, 15) is 13.2 Å². The predicted molar refractivity (Wildman–Crippen MR) is 127 cm³/mol. The molecule has 7 heteroatoms. The molecule has 2 aromatic carbocycles. The van der Waals surface area contributed by atoms with Crippen LogP contribution >= 0.6 is 11.8 Å². The summed E-state index contributed by atoms with van der Waals surface area (Å²) < 4.78 is 28.9. The first-order valence-electron chi connectivity index (χ1n) is 10.8. The van der Waals surface area contributed by atoms with Gasteiger partial charge in [-0.1, -0.05) is 38.1 Å². The number of aryl methyl sites for hydroxylation is 1. The molecule has 0 saturated carbocycles. The summed E-state index contributed by atoms with van der Waals surface area (Å²) in [4.78, 5) is 15.9. The fraction of sp³-hybridized carbons (Fsp3) is 0.458. The van der Waals surface area contributed by atoms with Crippen molar-refractivity contribution in [2.45, 2.75) is 55.9 Å². The third-order valence-corrected chi connectivity index (χ3v) is 8.34. The monoisotopic (exact) mass is 460 g/mol. The van der Waals surface area contributed by atoms with Crippen molar-refractivity contribution in [2.24, 2.45) is 5.92 Å². The van der Waals surface area contributed by atoms with E-state index in [-0.39, 0.29) is 16.8 Å². The summed E-state index contributed by atoms with van der Waals surface area (Å²) in [7, 11) is -3.77. The molecule has 1 aliphatic heterocycles. The van der Waals surface area contributed by atoms with E-state index in [0.717, 1.165) is 29.7 Å². The maximum absolute atomic E-state index is 13.2. The number of carbonyl (C=O) groups is 1. The van der Waals surface area contributed by atoms with Gasteiger partial charge in [0.05, 0.1) is 10.5 Å². The van der Waals surface area contributed by atoms with Crippen LogP contribution in [-0.2, 0) is 16.4 Å².